The predicted molar refractivity (Wildman–Crippen MR) is 74.7 cm³/mol. The molecule has 0 aliphatic carbocycles. The highest BCUT2D eigenvalue weighted by molar-refractivity contribution is 7.92. The first-order chi connectivity index (χ1) is 8.73. The number of sulfone groups is 1. The first-order valence-corrected chi connectivity index (χ1v) is 7.76. The molecule has 1 rings (SSSR count). The van der Waals surface area contributed by atoms with Gasteiger partial charge in [0.1, 0.15) is 11.1 Å². The number of nitrogens with one attached hydrogen (secondary N) is 1. The molecule has 1 aromatic heterocycles. The quantitative estimate of drug-likeness (QED) is 0.836. The molecule has 0 radical (unpaired) electrons. The van der Waals surface area contributed by atoms with Crippen LogP contribution in [0.3, 0.4) is 0 Å². The highest BCUT2D eigenvalue weighted by Crippen LogP contribution is 2.14. The Morgan fingerprint density at radius 1 is 1.47 bits per heavy atom. The third kappa shape index (κ3) is 4.20. The van der Waals surface area contributed by atoms with Crippen molar-refractivity contribution < 1.29 is 13.2 Å². The van der Waals surface area contributed by atoms with Crippen molar-refractivity contribution in [1.82, 2.24) is 10.3 Å². The lowest BCUT2D eigenvalue weighted by molar-refractivity contribution is -0.120. The van der Waals surface area contributed by atoms with Gasteiger partial charge in [-0.15, -0.1) is 0 Å². The molecule has 19 heavy (non-hydrogen) atoms. The molecule has 1 atom stereocenters. The highest BCUT2D eigenvalue weighted by atomic mass is 32.2. The summed E-state index contributed by atoms with van der Waals surface area (Å²) in [7, 11) is 0.337. The number of rotatable bonds is 5. The van der Waals surface area contributed by atoms with Crippen LogP contribution < -0.4 is 10.2 Å². The van der Waals surface area contributed by atoms with Gasteiger partial charge in [0.15, 0.2) is 9.84 Å². The fourth-order valence-corrected chi connectivity index (χ4v) is 1.96. The number of amides is 1. The third-order valence-corrected chi connectivity index (χ3v) is 4.25. The zero-order valence-corrected chi connectivity index (χ0v) is 12.4. The topological polar surface area (TPSA) is 79.4 Å². The van der Waals surface area contributed by atoms with E-state index in [0.717, 1.165) is 17.6 Å². The van der Waals surface area contributed by atoms with Crippen LogP contribution in [0.2, 0.25) is 0 Å². The van der Waals surface area contributed by atoms with Crippen LogP contribution >= 0.6 is 0 Å². The molecule has 0 saturated heterocycles. The lowest BCUT2D eigenvalue weighted by atomic mass is 10.2. The Bertz CT molecular complexity index is 555. The largest absolute Gasteiger partial charge is 0.362 e. The second kappa shape index (κ2) is 6.01. The molecule has 0 spiro atoms. The summed E-state index contributed by atoms with van der Waals surface area (Å²) in [6, 6.07) is 3.61. The Balaban J connectivity index is 2.76. The average Bonchev–Trinajstić information content (AvgIpc) is 2.34. The maximum Gasteiger partial charge on any atom is 0.238 e. The fourth-order valence-electron chi connectivity index (χ4n) is 1.49. The van der Waals surface area contributed by atoms with Gasteiger partial charge in [-0.25, -0.2) is 13.4 Å². The van der Waals surface area contributed by atoms with Gasteiger partial charge in [0.2, 0.25) is 5.91 Å². The number of carbonyl (C=O) groups is 1. The minimum Gasteiger partial charge on any atom is -0.362 e. The predicted octanol–water partition coefficient (Wildman–Crippen LogP) is 0.197. The molecule has 0 saturated carbocycles. The average molecular weight is 285 g/mol. The van der Waals surface area contributed by atoms with Gasteiger partial charge in [-0.3, -0.25) is 4.79 Å². The van der Waals surface area contributed by atoms with Gasteiger partial charge >= 0.3 is 0 Å². The van der Waals surface area contributed by atoms with Gasteiger partial charge in [0.25, 0.3) is 0 Å². The van der Waals surface area contributed by atoms with Crippen LogP contribution in [-0.2, 0) is 21.2 Å². The van der Waals surface area contributed by atoms with Crippen LogP contribution in [0.25, 0.3) is 0 Å². The van der Waals surface area contributed by atoms with Crippen molar-refractivity contribution in [1.29, 1.82) is 0 Å². The highest BCUT2D eigenvalue weighted by Gasteiger charge is 2.23. The van der Waals surface area contributed by atoms with E-state index in [1.807, 2.05) is 25.1 Å². The van der Waals surface area contributed by atoms with E-state index >= 15 is 0 Å². The first kappa shape index (κ1) is 15.4. The second-order valence-electron chi connectivity index (χ2n) is 4.57. The van der Waals surface area contributed by atoms with Crippen LogP contribution in [0.15, 0.2) is 18.3 Å². The van der Waals surface area contributed by atoms with E-state index in [4.69, 9.17) is 0 Å². The molecule has 1 N–H and O–H groups in total. The van der Waals surface area contributed by atoms with Crippen molar-refractivity contribution in [2.24, 2.45) is 0 Å². The zero-order chi connectivity index (χ0) is 14.6. The number of carbonyl (C=O) groups excluding carboxylic acids is 1. The summed E-state index contributed by atoms with van der Waals surface area (Å²) >= 11 is 0. The monoisotopic (exact) mass is 285 g/mol. The maximum absolute atomic E-state index is 11.7. The van der Waals surface area contributed by atoms with Crippen molar-refractivity contribution in [3.63, 3.8) is 0 Å². The van der Waals surface area contributed by atoms with E-state index in [2.05, 4.69) is 10.3 Å². The molecule has 106 valence electrons. The zero-order valence-electron chi connectivity index (χ0n) is 11.5. The van der Waals surface area contributed by atoms with Crippen molar-refractivity contribution in [3.05, 3.63) is 23.9 Å². The Labute approximate surface area is 113 Å². The minimum absolute atomic E-state index is 0.250. The van der Waals surface area contributed by atoms with Crippen molar-refractivity contribution in [3.8, 4) is 0 Å². The Hall–Kier alpha value is -1.63. The summed E-state index contributed by atoms with van der Waals surface area (Å²) in [5.74, 6) is 0.242. The SMILES string of the molecule is C[C@H](C(=O)NCc1cccnc1N(C)C)S(C)(=O)=O. The summed E-state index contributed by atoms with van der Waals surface area (Å²) in [4.78, 5) is 17.8. The molecule has 0 bridgehead atoms. The summed E-state index contributed by atoms with van der Waals surface area (Å²) < 4.78 is 22.6. The maximum atomic E-state index is 11.7. The molecule has 6 nitrogen and oxygen atoms in total. The second-order valence-corrected chi connectivity index (χ2v) is 6.94. The van der Waals surface area contributed by atoms with E-state index in [0.29, 0.717) is 0 Å². The smallest absolute Gasteiger partial charge is 0.238 e. The standard InChI is InChI=1S/C12H19N3O3S/c1-9(19(4,17)18)12(16)14-8-10-6-5-7-13-11(10)15(2)3/h5-7,9H,8H2,1-4H3,(H,14,16)/t9-/m1/s1. The molecular weight excluding hydrogens is 266 g/mol. The molecule has 1 aromatic rings. The third-order valence-electron chi connectivity index (χ3n) is 2.76. The number of hydrogen-bond acceptors (Lipinski definition) is 5. The van der Waals surface area contributed by atoms with Crippen LogP contribution in [0.1, 0.15) is 12.5 Å². The fraction of sp³-hybridized carbons (Fsp3) is 0.500. The van der Waals surface area contributed by atoms with Gasteiger partial charge in [-0.1, -0.05) is 6.07 Å². The molecule has 0 aliphatic rings. The molecule has 7 heteroatoms. The number of pyridine rings is 1. The van der Waals surface area contributed by atoms with Gasteiger partial charge in [0, 0.05) is 38.7 Å². The Morgan fingerprint density at radius 2 is 2.11 bits per heavy atom. The molecule has 1 heterocycles. The molecule has 0 fully saturated rings. The van der Waals surface area contributed by atoms with Crippen LogP contribution in [0.5, 0.6) is 0 Å². The molecular formula is C12H19N3O3S. The van der Waals surface area contributed by atoms with E-state index in [-0.39, 0.29) is 6.54 Å². The molecule has 0 aliphatic heterocycles. The lowest BCUT2D eigenvalue weighted by Gasteiger charge is -2.17. The summed E-state index contributed by atoms with van der Waals surface area (Å²) in [6.07, 6.45) is 2.71. The minimum atomic E-state index is -3.37. The van der Waals surface area contributed by atoms with Crippen LogP contribution in [0.4, 0.5) is 5.82 Å². The summed E-state index contributed by atoms with van der Waals surface area (Å²) in [6.45, 7) is 1.63. The van der Waals surface area contributed by atoms with Crippen LogP contribution in [0, 0.1) is 0 Å². The summed E-state index contributed by atoms with van der Waals surface area (Å²) in [5, 5.41) is 1.57. The van der Waals surface area contributed by atoms with E-state index in [1.54, 1.807) is 12.3 Å². The lowest BCUT2D eigenvalue weighted by Crippen LogP contribution is -2.37. The number of aromatic nitrogens is 1. The molecule has 0 aromatic carbocycles. The van der Waals surface area contributed by atoms with Crippen LogP contribution in [-0.4, -0.2) is 44.9 Å². The Kier molecular flexibility index (Phi) is 4.88. The number of anilines is 1. The summed E-state index contributed by atoms with van der Waals surface area (Å²) in [5.41, 5.74) is 0.835. The van der Waals surface area contributed by atoms with Crippen molar-refractivity contribution in [2.75, 3.05) is 25.3 Å². The van der Waals surface area contributed by atoms with Gasteiger partial charge in [0.05, 0.1) is 0 Å². The van der Waals surface area contributed by atoms with E-state index in [1.165, 1.54) is 6.92 Å². The number of hydrogen-bond donors (Lipinski definition) is 1. The van der Waals surface area contributed by atoms with Gasteiger partial charge < -0.3 is 10.2 Å². The first-order valence-electron chi connectivity index (χ1n) is 5.81. The van der Waals surface area contributed by atoms with Gasteiger partial charge in [-0.2, -0.15) is 0 Å². The molecule has 1 amide bonds. The van der Waals surface area contributed by atoms with Gasteiger partial charge in [-0.05, 0) is 13.0 Å². The van der Waals surface area contributed by atoms with Crippen molar-refractivity contribution >= 4 is 21.6 Å². The number of nitrogens with zero attached hydrogens (tertiary/aromatic N) is 2. The van der Waals surface area contributed by atoms with Crippen molar-refractivity contribution in [2.45, 2.75) is 18.7 Å². The van der Waals surface area contributed by atoms with E-state index < -0.39 is 21.0 Å². The Morgan fingerprint density at radius 3 is 2.63 bits per heavy atom. The normalized spacial score (nSPS) is 12.8. The van der Waals surface area contributed by atoms with E-state index in [9.17, 15) is 13.2 Å². The molecule has 0 unspecified atom stereocenters.